The molecular formula is C24H32N2O4S. The van der Waals surface area contributed by atoms with E-state index in [1.165, 1.54) is 0 Å². The second-order valence-electron chi connectivity index (χ2n) is 7.82. The maximum Gasteiger partial charge on any atom is 0.261 e. The van der Waals surface area contributed by atoms with Crippen molar-refractivity contribution in [2.24, 2.45) is 5.92 Å². The highest BCUT2D eigenvalue weighted by Gasteiger charge is 2.14. The van der Waals surface area contributed by atoms with E-state index in [9.17, 15) is 4.79 Å². The molecule has 0 aliphatic heterocycles. The molecular weight excluding hydrogens is 412 g/mol. The van der Waals surface area contributed by atoms with Crippen molar-refractivity contribution < 1.29 is 19.0 Å². The van der Waals surface area contributed by atoms with Crippen LogP contribution in [0.25, 0.3) is 0 Å². The van der Waals surface area contributed by atoms with Gasteiger partial charge in [-0.1, -0.05) is 32.0 Å². The van der Waals surface area contributed by atoms with E-state index in [-0.39, 0.29) is 17.1 Å². The summed E-state index contributed by atoms with van der Waals surface area (Å²) in [5, 5.41) is 5.99. The Morgan fingerprint density at radius 3 is 2.45 bits per heavy atom. The highest BCUT2D eigenvalue weighted by atomic mass is 32.1. The molecule has 0 bridgehead atoms. The molecule has 31 heavy (non-hydrogen) atoms. The fourth-order valence-electron chi connectivity index (χ4n) is 2.75. The third kappa shape index (κ3) is 8.09. The van der Waals surface area contributed by atoms with E-state index in [0.717, 1.165) is 12.0 Å². The van der Waals surface area contributed by atoms with Crippen molar-refractivity contribution in [3.63, 3.8) is 0 Å². The molecule has 0 atom stereocenters. The summed E-state index contributed by atoms with van der Waals surface area (Å²) in [6, 6.07) is 12.8. The van der Waals surface area contributed by atoms with Gasteiger partial charge in [0, 0.05) is 6.54 Å². The van der Waals surface area contributed by atoms with Gasteiger partial charge in [-0.05, 0) is 68.2 Å². The lowest BCUT2D eigenvalue weighted by Gasteiger charge is -2.15. The normalized spacial score (nSPS) is 10.7. The molecule has 2 rings (SSSR count). The molecule has 0 saturated heterocycles. The molecule has 0 aliphatic carbocycles. The van der Waals surface area contributed by atoms with Gasteiger partial charge in [-0.2, -0.15) is 0 Å². The summed E-state index contributed by atoms with van der Waals surface area (Å²) in [7, 11) is 1.61. The van der Waals surface area contributed by atoms with Crippen molar-refractivity contribution in [3.05, 3.63) is 53.6 Å². The fraction of sp³-hybridized carbons (Fsp3) is 0.417. The molecule has 0 heterocycles. The molecule has 2 aromatic carbocycles. The average molecular weight is 445 g/mol. The summed E-state index contributed by atoms with van der Waals surface area (Å²) in [6.07, 6.45) is 0.942. The number of carbonyl (C=O) groups is 1. The summed E-state index contributed by atoms with van der Waals surface area (Å²) < 4.78 is 17.0. The number of carbonyl (C=O) groups excluding carboxylic acids is 1. The van der Waals surface area contributed by atoms with Crippen molar-refractivity contribution >= 4 is 23.2 Å². The molecule has 6 nitrogen and oxygen atoms in total. The van der Waals surface area contributed by atoms with Crippen LogP contribution in [0.3, 0.4) is 0 Å². The predicted octanol–water partition coefficient (Wildman–Crippen LogP) is 4.71. The van der Waals surface area contributed by atoms with Crippen LogP contribution < -0.4 is 24.8 Å². The third-order valence-electron chi connectivity index (χ3n) is 4.36. The molecule has 0 aliphatic rings. The maximum absolute atomic E-state index is 12.6. The number of nitrogens with one attached hydrogen (secondary N) is 2. The van der Waals surface area contributed by atoms with Crippen LogP contribution in [0.1, 0.15) is 50.0 Å². The second kappa shape index (κ2) is 12.2. The van der Waals surface area contributed by atoms with Gasteiger partial charge in [0.25, 0.3) is 5.91 Å². The van der Waals surface area contributed by atoms with Crippen LogP contribution in [0.2, 0.25) is 0 Å². The summed E-state index contributed by atoms with van der Waals surface area (Å²) in [5.74, 6) is 2.16. The number of para-hydroxylation sites is 1. The number of methoxy groups -OCH3 is 1. The Labute approximate surface area is 190 Å². The first-order valence-corrected chi connectivity index (χ1v) is 10.9. The van der Waals surface area contributed by atoms with E-state index in [0.29, 0.717) is 41.9 Å². The summed E-state index contributed by atoms with van der Waals surface area (Å²) in [4.78, 5) is 12.6. The van der Waals surface area contributed by atoms with Crippen LogP contribution in [-0.4, -0.2) is 30.8 Å². The molecule has 0 saturated carbocycles. The molecule has 0 spiro atoms. The van der Waals surface area contributed by atoms with Crippen LogP contribution in [0, 0.1) is 5.92 Å². The minimum absolute atomic E-state index is 0.0358. The van der Waals surface area contributed by atoms with Gasteiger partial charge in [-0.3, -0.25) is 10.1 Å². The molecule has 2 aromatic rings. The molecule has 7 heteroatoms. The minimum Gasteiger partial charge on any atom is -0.493 e. The first-order valence-electron chi connectivity index (χ1n) is 10.4. The zero-order valence-corrected chi connectivity index (χ0v) is 19.7. The Hall–Kier alpha value is -2.80. The Morgan fingerprint density at radius 1 is 1.03 bits per heavy atom. The number of amides is 1. The smallest absolute Gasteiger partial charge is 0.261 e. The Morgan fingerprint density at radius 2 is 1.77 bits per heavy atom. The standard InChI is InChI=1S/C24H32N2O4S/c1-16(2)12-13-29-21-11-10-18(14-22(21)28-5)15-25-24(31)26-23(27)19-8-6-7-9-20(19)30-17(3)4/h6-11,14,16-17H,12-13,15H2,1-5H3,(H2,25,26,27,31). The van der Waals surface area contributed by atoms with Crippen molar-refractivity contribution in [2.75, 3.05) is 13.7 Å². The van der Waals surface area contributed by atoms with Gasteiger partial charge in [0.1, 0.15) is 5.75 Å². The van der Waals surface area contributed by atoms with Crippen molar-refractivity contribution in [1.29, 1.82) is 0 Å². The van der Waals surface area contributed by atoms with Crippen LogP contribution in [0.4, 0.5) is 0 Å². The lowest BCUT2D eigenvalue weighted by atomic mass is 10.1. The van der Waals surface area contributed by atoms with E-state index >= 15 is 0 Å². The van der Waals surface area contributed by atoms with Gasteiger partial charge >= 0.3 is 0 Å². The average Bonchev–Trinajstić information content (AvgIpc) is 2.72. The first-order chi connectivity index (χ1) is 14.8. The second-order valence-corrected chi connectivity index (χ2v) is 8.22. The Kier molecular flexibility index (Phi) is 9.59. The summed E-state index contributed by atoms with van der Waals surface area (Å²) in [6.45, 7) is 9.22. The highest BCUT2D eigenvalue weighted by molar-refractivity contribution is 7.80. The monoisotopic (exact) mass is 444 g/mol. The molecule has 168 valence electrons. The molecule has 2 N–H and O–H groups in total. The van der Waals surface area contributed by atoms with Crippen LogP contribution in [-0.2, 0) is 6.54 Å². The van der Waals surface area contributed by atoms with Gasteiger partial charge in [-0.15, -0.1) is 0 Å². The quantitative estimate of drug-likeness (QED) is 0.517. The summed E-state index contributed by atoms with van der Waals surface area (Å²) >= 11 is 5.29. The SMILES string of the molecule is COc1cc(CNC(=S)NC(=O)c2ccccc2OC(C)C)ccc1OCCC(C)C. The van der Waals surface area contributed by atoms with Gasteiger partial charge in [0.15, 0.2) is 16.6 Å². The largest absolute Gasteiger partial charge is 0.493 e. The zero-order valence-electron chi connectivity index (χ0n) is 18.9. The topological polar surface area (TPSA) is 68.8 Å². The number of benzene rings is 2. The van der Waals surface area contributed by atoms with E-state index in [2.05, 4.69) is 24.5 Å². The lowest BCUT2D eigenvalue weighted by molar-refractivity contribution is 0.0971. The van der Waals surface area contributed by atoms with Crippen LogP contribution >= 0.6 is 12.2 Å². The van der Waals surface area contributed by atoms with Gasteiger partial charge in [0.2, 0.25) is 0 Å². The molecule has 0 radical (unpaired) electrons. The predicted molar refractivity (Wildman–Crippen MR) is 127 cm³/mol. The Balaban J connectivity index is 1.93. The van der Waals surface area contributed by atoms with Crippen LogP contribution in [0.15, 0.2) is 42.5 Å². The lowest BCUT2D eigenvalue weighted by Crippen LogP contribution is -2.39. The van der Waals surface area contributed by atoms with Gasteiger partial charge in [-0.25, -0.2) is 0 Å². The first kappa shape index (κ1) is 24.5. The summed E-state index contributed by atoms with van der Waals surface area (Å²) in [5.41, 5.74) is 1.39. The fourth-order valence-corrected chi connectivity index (χ4v) is 2.92. The number of hydrogen-bond donors (Lipinski definition) is 2. The number of rotatable bonds is 10. The van der Waals surface area contributed by atoms with E-state index in [1.54, 1.807) is 25.3 Å². The van der Waals surface area contributed by atoms with E-state index in [4.69, 9.17) is 26.4 Å². The van der Waals surface area contributed by atoms with Crippen molar-refractivity contribution in [3.8, 4) is 17.2 Å². The van der Waals surface area contributed by atoms with Crippen molar-refractivity contribution in [1.82, 2.24) is 10.6 Å². The molecule has 0 aromatic heterocycles. The van der Waals surface area contributed by atoms with Crippen LogP contribution in [0.5, 0.6) is 17.2 Å². The van der Waals surface area contributed by atoms with Gasteiger partial charge in [0.05, 0.1) is 25.4 Å². The highest BCUT2D eigenvalue weighted by Crippen LogP contribution is 2.28. The van der Waals surface area contributed by atoms with Gasteiger partial charge < -0.3 is 19.5 Å². The Bertz CT molecular complexity index is 884. The van der Waals surface area contributed by atoms with E-state index < -0.39 is 0 Å². The number of ether oxygens (including phenoxy) is 3. The third-order valence-corrected chi connectivity index (χ3v) is 4.60. The molecule has 0 fully saturated rings. The number of thiocarbonyl (C=S) groups is 1. The molecule has 0 unspecified atom stereocenters. The number of hydrogen-bond acceptors (Lipinski definition) is 5. The van der Waals surface area contributed by atoms with E-state index in [1.807, 2.05) is 38.1 Å². The zero-order chi connectivity index (χ0) is 22.8. The molecule has 1 amide bonds. The van der Waals surface area contributed by atoms with Crippen molar-refractivity contribution in [2.45, 2.75) is 46.8 Å². The maximum atomic E-state index is 12.6. The minimum atomic E-state index is -0.319.